The molecule has 0 spiro atoms. The number of thiazole rings is 1. The molecule has 216 valence electrons. The molecule has 2 aliphatic rings. The number of benzene rings is 1. The highest BCUT2D eigenvalue weighted by Gasteiger charge is 2.57. The summed E-state index contributed by atoms with van der Waals surface area (Å²) in [7, 11) is -4.92. The van der Waals surface area contributed by atoms with E-state index in [2.05, 4.69) is 14.4 Å². The lowest BCUT2D eigenvalue weighted by Gasteiger charge is -2.50. The zero-order chi connectivity index (χ0) is 29.2. The highest BCUT2D eigenvalue weighted by Crippen LogP contribution is 2.40. The van der Waals surface area contributed by atoms with Crippen LogP contribution in [0.2, 0.25) is 0 Å². The van der Waals surface area contributed by atoms with E-state index >= 15 is 0 Å². The van der Waals surface area contributed by atoms with Crippen LogP contribution in [0.3, 0.4) is 0 Å². The average Bonchev–Trinajstić information content (AvgIpc) is 3.32. The van der Waals surface area contributed by atoms with E-state index in [-0.39, 0.29) is 42.1 Å². The van der Waals surface area contributed by atoms with Crippen molar-refractivity contribution in [1.82, 2.24) is 14.9 Å². The lowest BCUT2D eigenvalue weighted by Crippen LogP contribution is -2.68. The Morgan fingerprint density at radius 2 is 2.08 bits per heavy atom. The van der Waals surface area contributed by atoms with E-state index < -0.39 is 33.5 Å². The number of nitrogens with two attached hydrogens (primary N) is 2. The number of carbonyl (C=O) groups is 2. The molecule has 0 radical (unpaired) electrons. The Morgan fingerprint density at radius 3 is 2.70 bits per heavy atom. The molecular weight excluding hydrogens is 566 g/mol. The van der Waals surface area contributed by atoms with Crippen LogP contribution in [0.1, 0.15) is 37.1 Å². The number of fused-ring (bicyclic) bond motifs is 1. The van der Waals surface area contributed by atoms with Gasteiger partial charge in [0.05, 0.1) is 11.5 Å². The smallest absolute Gasteiger partial charge is 0.418 e. The summed E-state index contributed by atoms with van der Waals surface area (Å²) in [6, 6.07) is 5.69. The maximum Gasteiger partial charge on any atom is 0.418 e. The van der Waals surface area contributed by atoms with Gasteiger partial charge in [0.1, 0.15) is 18.1 Å². The van der Waals surface area contributed by atoms with Crippen molar-refractivity contribution in [3.8, 4) is 5.75 Å². The normalized spacial score (nSPS) is 18.6. The van der Waals surface area contributed by atoms with E-state index in [9.17, 15) is 18.0 Å². The molecule has 1 aromatic carbocycles. The third-order valence-electron chi connectivity index (χ3n) is 6.59. The maximum absolute atomic E-state index is 13.2. The van der Waals surface area contributed by atoms with Gasteiger partial charge < -0.3 is 25.9 Å². The van der Waals surface area contributed by atoms with Crippen molar-refractivity contribution in [2.75, 3.05) is 25.5 Å². The number of hydroxylamine groups is 2. The van der Waals surface area contributed by atoms with Gasteiger partial charge in [0.2, 0.25) is 0 Å². The molecular formula is C23H29N7O8S2. The molecule has 1 amide bonds. The molecule has 4 rings (SSSR count). The average molecular weight is 596 g/mol. The number of ketones is 1. The highest BCUT2D eigenvalue weighted by atomic mass is 32.3. The Bertz CT molecular complexity index is 1460. The lowest BCUT2D eigenvalue weighted by atomic mass is 9.74. The Balaban J connectivity index is 1.37. The zero-order valence-electron chi connectivity index (χ0n) is 21.7. The topological polar surface area (TPSA) is 224 Å². The van der Waals surface area contributed by atoms with Crippen molar-refractivity contribution in [2.24, 2.45) is 16.8 Å². The molecule has 0 unspecified atom stereocenters. The fourth-order valence-electron chi connectivity index (χ4n) is 4.42. The predicted molar refractivity (Wildman–Crippen MR) is 144 cm³/mol. The van der Waals surface area contributed by atoms with E-state index in [0.717, 1.165) is 28.9 Å². The first-order valence-corrected chi connectivity index (χ1v) is 14.3. The lowest BCUT2D eigenvalue weighted by molar-refractivity contribution is -0.228. The molecule has 0 aliphatic carbocycles. The Labute approximate surface area is 234 Å². The fraction of sp³-hybridized carbons (Fsp3) is 0.435. The van der Waals surface area contributed by atoms with Gasteiger partial charge in [0.15, 0.2) is 29.2 Å². The first-order valence-electron chi connectivity index (χ1n) is 12.1. The second-order valence-electron chi connectivity index (χ2n) is 9.65. The third kappa shape index (κ3) is 6.49. The Hall–Kier alpha value is -3.80. The van der Waals surface area contributed by atoms with Crippen molar-refractivity contribution in [3.63, 3.8) is 0 Å². The van der Waals surface area contributed by atoms with E-state index in [4.69, 9.17) is 31.0 Å². The predicted octanol–water partition coefficient (Wildman–Crippen LogP) is 0.707. The summed E-state index contributed by atoms with van der Waals surface area (Å²) in [4.78, 5) is 36.8. The molecule has 1 saturated heterocycles. The molecule has 0 bridgehead atoms. The first-order chi connectivity index (χ1) is 18.8. The van der Waals surface area contributed by atoms with Gasteiger partial charge in [0.25, 0.3) is 5.91 Å². The summed E-state index contributed by atoms with van der Waals surface area (Å²) in [5, 5.41) is 13.8. The largest absolute Gasteiger partial charge is 0.490 e. The number of guanidine groups is 1. The SMILES string of the molecule is CC1(C)[C@H](CC(=O)/C(=N\OCCOc2ccc3c(c2)CN(C(=N)N)CC3)c2csc(N)n2)C(=O)N1OS(=O)(=O)O. The number of Topliss-reactive ketones (excluding diaryl/α,β-unsaturated/α-hetero) is 1. The van der Waals surface area contributed by atoms with Crippen LogP contribution in [0.25, 0.3) is 0 Å². The molecule has 1 fully saturated rings. The molecule has 1 aromatic heterocycles. The summed E-state index contributed by atoms with van der Waals surface area (Å²) < 4.78 is 41.1. The van der Waals surface area contributed by atoms with Crippen LogP contribution in [0.4, 0.5) is 5.13 Å². The van der Waals surface area contributed by atoms with E-state index in [1.54, 1.807) is 4.90 Å². The summed E-state index contributed by atoms with van der Waals surface area (Å²) in [5.74, 6) is -1.71. The van der Waals surface area contributed by atoms with Crippen molar-refractivity contribution in [2.45, 2.75) is 38.8 Å². The van der Waals surface area contributed by atoms with Crippen molar-refractivity contribution in [3.05, 3.63) is 40.4 Å². The van der Waals surface area contributed by atoms with Crippen LogP contribution >= 0.6 is 11.3 Å². The number of nitrogen functional groups attached to an aromatic ring is 1. The van der Waals surface area contributed by atoms with E-state index in [0.29, 0.717) is 23.9 Å². The number of hydrogen-bond acceptors (Lipinski definition) is 12. The minimum absolute atomic E-state index is 0.0170. The molecule has 17 heteroatoms. The number of rotatable bonds is 11. The van der Waals surface area contributed by atoms with Crippen LogP contribution in [0.15, 0.2) is 28.7 Å². The third-order valence-corrected chi connectivity index (χ3v) is 7.60. The molecule has 0 saturated carbocycles. The number of ether oxygens (including phenoxy) is 1. The number of aromatic nitrogens is 1. The van der Waals surface area contributed by atoms with Crippen LogP contribution < -0.4 is 16.2 Å². The molecule has 3 heterocycles. The number of hydrogen-bond donors (Lipinski definition) is 4. The van der Waals surface area contributed by atoms with E-state index in [1.165, 1.54) is 19.2 Å². The molecule has 2 aliphatic heterocycles. The van der Waals surface area contributed by atoms with Gasteiger partial charge in [-0.1, -0.05) is 11.2 Å². The van der Waals surface area contributed by atoms with Crippen molar-refractivity contribution < 1.29 is 36.4 Å². The van der Waals surface area contributed by atoms with Crippen LogP contribution in [-0.2, 0) is 42.1 Å². The second kappa shape index (κ2) is 11.4. The summed E-state index contributed by atoms with van der Waals surface area (Å²) in [6.07, 6.45) is 0.430. The van der Waals surface area contributed by atoms with Crippen molar-refractivity contribution in [1.29, 1.82) is 5.41 Å². The van der Waals surface area contributed by atoms with E-state index in [1.807, 2.05) is 18.2 Å². The number of oxime groups is 1. The number of amides is 1. The molecule has 1 atom stereocenters. The van der Waals surface area contributed by atoms with Gasteiger partial charge >= 0.3 is 10.4 Å². The number of nitrogens with one attached hydrogen (secondary N) is 1. The Morgan fingerprint density at radius 1 is 1.32 bits per heavy atom. The number of β-lactam (4-membered cyclic amide) rings is 1. The second-order valence-corrected chi connectivity index (χ2v) is 11.5. The minimum Gasteiger partial charge on any atom is -0.490 e. The van der Waals surface area contributed by atoms with Gasteiger partial charge in [-0.3, -0.25) is 19.6 Å². The quantitative estimate of drug-likeness (QED) is 0.0704. The first kappa shape index (κ1) is 29.2. The summed E-state index contributed by atoms with van der Waals surface area (Å²) in [5.41, 5.74) is 12.3. The van der Waals surface area contributed by atoms with Gasteiger partial charge in [-0.2, -0.15) is 13.5 Å². The van der Waals surface area contributed by atoms with Crippen LogP contribution in [-0.4, -0.2) is 76.6 Å². The van der Waals surface area contributed by atoms with Gasteiger partial charge in [-0.15, -0.1) is 15.6 Å². The highest BCUT2D eigenvalue weighted by molar-refractivity contribution is 7.80. The molecule has 6 N–H and O–H groups in total. The van der Waals surface area contributed by atoms with Crippen LogP contribution in [0.5, 0.6) is 5.75 Å². The van der Waals surface area contributed by atoms with Gasteiger partial charge in [0, 0.05) is 24.9 Å². The van der Waals surface area contributed by atoms with Crippen molar-refractivity contribution >= 4 is 50.2 Å². The molecule has 15 nitrogen and oxygen atoms in total. The summed E-state index contributed by atoms with van der Waals surface area (Å²) >= 11 is 1.09. The monoisotopic (exact) mass is 595 g/mol. The zero-order valence-corrected chi connectivity index (χ0v) is 23.3. The fourth-order valence-corrected chi connectivity index (χ4v) is 5.42. The number of nitrogens with zero attached hydrogens (tertiary/aromatic N) is 4. The summed E-state index contributed by atoms with van der Waals surface area (Å²) in [6.45, 7) is 4.27. The molecule has 40 heavy (non-hydrogen) atoms. The van der Waals surface area contributed by atoms with Gasteiger partial charge in [-0.05, 0) is 43.5 Å². The van der Waals surface area contributed by atoms with Gasteiger partial charge in [-0.25, -0.2) is 4.98 Å². The maximum atomic E-state index is 13.2. The standard InChI is InChI=1S/C23H29N7O8S2/c1-23(2)16(20(32)30(23)38-40(33,34)35)10-18(31)19(17-12-39-22(26)27-17)28-37-8-7-36-15-4-3-13-5-6-29(21(24)25)11-14(13)9-15/h3-4,9,12,16H,5-8,10-11H2,1-2H3,(H3,24,25)(H2,26,27)(H,33,34,35)/b28-19-/t16-/m1/s1. The Kier molecular flexibility index (Phi) is 8.29. The number of anilines is 1. The van der Waals surface area contributed by atoms with Crippen LogP contribution in [0, 0.1) is 11.3 Å². The minimum atomic E-state index is -4.92. The molecule has 2 aromatic rings. The number of carbonyl (C=O) groups excluding carboxylic acids is 2.